The number of hydrogen-bond acceptors (Lipinski definition) is 7. The molecule has 154 valence electrons. The van der Waals surface area contributed by atoms with Crippen molar-refractivity contribution in [1.29, 1.82) is 0 Å². The lowest BCUT2D eigenvalue weighted by Gasteiger charge is -2.34. The summed E-state index contributed by atoms with van der Waals surface area (Å²) < 4.78 is 5.21. The van der Waals surface area contributed by atoms with E-state index in [9.17, 15) is 4.79 Å². The summed E-state index contributed by atoms with van der Waals surface area (Å²) in [7, 11) is 0. The van der Waals surface area contributed by atoms with E-state index in [1.165, 1.54) is 4.68 Å². The highest BCUT2D eigenvalue weighted by atomic mass is 16.1. The number of hydrogen-bond donors (Lipinski definition) is 0. The van der Waals surface area contributed by atoms with Crippen molar-refractivity contribution in [2.75, 3.05) is 32.7 Å². The number of rotatable bonds is 6. The van der Waals surface area contributed by atoms with Gasteiger partial charge in [-0.2, -0.15) is 5.10 Å². The third-order valence-electron chi connectivity index (χ3n) is 5.43. The van der Waals surface area contributed by atoms with E-state index in [-0.39, 0.29) is 5.56 Å². The quantitative estimate of drug-likeness (QED) is 0.455. The van der Waals surface area contributed by atoms with Gasteiger partial charge in [-0.25, -0.2) is 9.36 Å². The third kappa shape index (κ3) is 3.87. The molecule has 0 saturated carbocycles. The van der Waals surface area contributed by atoms with E-state index in [0.29, 0.717) is 12.4 Å². The van der Waals surface area contributed by atoms with Gasteiger partial charge in [0.2, 0.25) is 0 Å². The molecular formula is C20H23N9O. The van der Waals surface area contributed by atoms with Crippen molar-refractivity contribution in [3.05, 3.63) is 71.2 Å². The van der Waals surface area contributed by atoms with Crippen molar-refractivity contribution in [3.8, 4) is 5.82 Å². The van der Waals surface area contributed by atoms with Gasteiger partial charge in [-0.1, -0.05) is 6.07 Å². The average molecular weight is 405 g/mol. The molecule has 0 radical (unpaired) electrons. The second-order valence-corrected chi connectivity index (χ2v) is 7.37. The second-order valence-electron chi connectivity index (χ2n) is 7.37. The van der Waals surface area contributed by atoms with Crippen molar-refractivity contribution in [3.63, 3.8) is 0 Å². The molecule has 0 atom stereocenters. The van der Waals surface area contributed by atoms with Crippen LogP contribution in [0.5, 0.6) is 0 Å². The highest BCUT2D eigenvalue weighted by Gasteiger charge is 2.19. The Kier molecular flexibility index (Phi) is 5.08. The van der Waals surface area contributed by atoms with Crippen LogP contribution in [0.3, 0.4) is 0 Å². The van der Waals surface area contributed by atoms with Crippen LogP contribution in [0.1, 0.15) is 5.82 Å². The van der Waals surface area contributed by atoms with Crippen LogP contribution in [0, 0.1) is 0 Å². The monoisotopic (exact) mass is 405 g/mol. The van der Waals surface area contributed by atoms with Gasteiger partial charge in [0.1, 0.15) is 0 Å². The molecule has 5 rings (SSSR count). The largest absolute Gasteiger partial charge is 0.299 e. The van der Waals surface area contributed by atoms with Crippen LogP contribution in [0.4, 0.5) is 0 Å². The lowest BCUT2D eigenvalue weighted by molar-refractivity contribution is 0.120. The average Bonchev–Trinajstić information content (AvgIpc) is 3.45. The van der Waals surface area contributed by atoms with Gasteiger partial charge in [0.25, 0.3) is 5.56 Å². The molecule has 1 aliphatic rings. The lowest BCUT2D eigenvalue weighted by atomic mass is 10.3. The standard InChI is InChI=1S/C20H23N9O/c30-20-6-5-18(28-9-3-7-21-28)24-29(20)15-14-25-10-12-26(13-11-25)16-19-23-22-17-4-1-2-8-27(17)19/h1-9H,10-16H2. The van der Waals surface area contributed by atoms with Gasteiger partial charge in [-0.05, 0) is 24.3 Å². The zero-order chi connectivity index (χ0) is 20.3. The summed E-state index contributed by atoms with van der Waals surface area (Å²) >= 11 is 0. The zero-order valence-corrected chi connectivity index (χ0v) is 16.6. The second kappa shape index (κ2) is 8.17. The molecule has 10 nitrogen and oxygen atoms in total. The summed E-state index contributed by atoms with van der Waals surface area (Å²) in [6.45, 7) is 5.94. The van der Waals surface area contributed by atoms with Gasteiger partial charge in [0.15, 0.2) is 17.3 Å². The van der Waals surface area contributed by atoms with E-state index in [1.54, 1.807) is 23.0 Å². The molecule has 0 bridgehead atoms. The molecule has 1 fully saturated rings. The molecule has 0 amide bonds. The Hall–Kier alpha value is -3.37. The Morgan fingerprint density at radius 3 is 2.57 bits per heavy atom. The molecule has 10 heteroatoms. The number of piperazine rings is 1. The normalized spacial score (nSPS) is 15.7. The van der Waals surface area contributed by atoms with Crippen LogP contribution in [0.2, 0.25) is 0 Å². The predicted octanol–water partition coefficient (Wildman–Crippen LogP) is 0.290. The maximum atomic E-state index is 12.2. The van der Waals surface area contributed by atoms with Crippen molar-refractivity contribution in [1.82, 2.24) is 44.0 Å². The first-order valence-corrected chi connectivity index (χ1v) is 10.1. The van der Waals surface area contributed by atoms with Crippen LogP contribution in [-0.4, -0.2) is 76.7 Å². The molecule has 4 aromatic heterocycles. The predicted molar refractivity (Wildman–Crippen MR) is 110 cm³/mol. The summed E-state index contributed by atoms with van der Waals surface area (Å²) in [6, 6.07) is 11.0. The molecule has 1 aliphatic heterocycles. The Morgan fingerprint density at radius 2 is 1.73 bits per heavy atom. The van der Waals surface area contributed by atoms with Crippen LogP contribution in [0.25, 0.3) is 11.5 Å². The Morgan fingerprint density at radius 1 is 0.867 bits per heavy atom. The molecule has 0 unspecified atom stereocenters. The third-order valence-corrected chi connectivity index (χ3v) is 5.43. The highest BCUT2D eigenvalue weighted by Crippen LogP contribution is 2.09. The number of fused-ring (bicyclic) bond motifs is 1. The van der Waals surface area contributed by atoms with E-state index >= 15 is 0 Å². The number of nitrogens with zero attached hydrogens (tertiary/aromatic N) is 9. The van der Waals surface area contributed by atoms with Gasteiger partial charge in [0.05, 0.1) is 13.1 Å². The van der Waals surface area contributed by atoms with Crippen LogP contribution >= 0.6 is 0 Å². The smallest absolute Gasteiger partial charge is 0.266 e. The first kappa shape index (κ1) is 18.6. The van der Waals surface area contributed by atoms with Gasteiger partial charge < -0.3 is 0 Å². The van der Waals surface area contributed by atoms with Crippen molar-refractivity contribution in [2.45, 2.75) is 13.1 Å². The summed E-state index contributed by atoms with van der Waals surface area (Å²) in [4.78, 5) is 16.9. The lowest BCUT2D eigenvalue weighted by Crippen LogP contribution is -2.47. The fourth-order valence-electron chi connectivity index (χ4n) is 3.73. The van der Waals surface area contributed by atoms with Crippen molar-refractivity contribution >= 4 is 5.65 Å². The van der Waals surface area contributed by atoms with E-state index in [1.807, 2.05) is 41.1 Å². The van der Waals surface area contributed by atoms with Gasteiger partial charge >= 0.3 is 0 Å². The maximum Gasteiger partial charge on any atom is 0.266 e. The van der Waals surface area contributed by atoms with Crippen molar-refractivity contribution in [2.24, 2.45) is 0 Å². The molecule has 1 saturated heterocycles. The summed E-state index contributed by atoms with van der Waals surface area (Å²) in [5, 5.41) is 17.2. The molecule has 4 aromatic rings. The molecule has 5 heterocycles. The zero-order valence-electron chi connectivity index (χ0n) is 16.6. The Balaban J connectivity index is 1.16. The maximum absolute atomic E-state index is 12.2. The molecule has 0 aromatic carbocycles. The van der Waals surface area contributed by atoms with Crippen LogP contribution in [-0.2, 0) is 13.1 Å². The van der Waals surface area contributed by atoms with Crippen LogP contribution in [0.15, 0.2) is 59.8 Å². The van der Waals surface area contributed by atoms with Gasteiger partial charge in [-0.3, -0.25) is 19.0 Å². The van der Waals surface area contributed by atoms with Crippen LogP contribution < -0.4 is 5.56 Å². The minimum Gasteiger partial charge on any atom is -0.299 e. The molecule has 0 aliphatic carbocycles. The topological polar surface area (TPSA) is 89.4 Å². The number of pyridine rings is 1. The Labute approximate surface area is 173 Å². The van der Waals surface area contributed by atoms with Crippen molar-refractivity contribution < 1.29 is 0 Å². The highest BCUT2D eigenvalue weighted by molar-refractivity contribution is 5.36. The SMILES string of the molecule is O=c1ccc(-n2cccn2)nn1CCN1CCN(Cc2nnc3ccccn23)CC1. The van der Waals surface area contributed by atoms with E-state index in [2.05, 4.69) is 30.2 Å². The van der Waals surface area contributed by atoms with E-state index in [4.69, 9.17) is 0 Å². The van der Waals surface area contributed by atoms with Gasteiger partial charge in [0, 0.05) is 57.4 Å². The first-order chi connectivity index (χ1) is 14.8. The fourth-order valence-corrected chi connectivity index (χ4v) is 3.73. The molecule has 30 heavy (non-hydrogen) atoms. The Bertz CT molecular complexity index is 1170. The number of aromatic nitrogens is 7. The minimum atomic E-state index is -0.0942. The summed E-state index contributed by atoms with van der Waals surface area (Å²) in [5.74, 6) is 1.61. The van der Waals surface area contributed by atoms with E-state index < -0.39 is 0 Å². The van der Waals surface area contributed by atoms with E-state index in [0.717, 1.165) is 50.7 Å². The molecule has 0 N–H and O–H groups in total. The molecular weight excluding hydrogens is 382 g/mol. The minimum absolute atomic E-state index is 0.0942. The van der Waals surface area contributed by atoms with Gasteiger partial charge in [-0.15, -0.1) is 15.3 Å². The fraction of sp³-hybridized carbons (Fsp3) is 0.350. The first-order valence-electron chi connectivity index (χ1n) is 10.1. The molecule has 0 spiro atoms. The summed E-state index contributed by atoms with van der Waals surface area (Å²) in [5.41, 5.74) is 0.782. The summed E-state index contributed by atoms with van der Waals surface area (Å²) in [6.07, 6.45) is 5.51.